The predicted molar refractivity (Wildman–Crippen MR) is 90.9 cm³/mol. The van der Waals surface area contributed by atoms with Gasteiger partial charge in [-0.15, -0.1) is 5.10 Å². The Labute approximate surface area is 144 Å². The number of hydrogen-bond acceptors (Lipinski definition) is 6. The SMILES string of the molecule is O=C(C=Cc1ccc([N+](=O)[O-])cc1)Nc1nnc(C2CCCCC2)o1. The van der Waals surface area contributed by atoms with Crippen molar-refractivity contribution in [1.29, 1.82) is 0 Å². The minimum absolute atomic E-state index is 0.00250. The number of nitrogens with zero attached hydrogens (tertiary/aromatic N) is 3. The van der Waals surface area contributed by atoms with E-state index in [4.69, 9.17) is 4.42 Å². The largest absolute Gasteiger partial charge is 0.408 e. The van der Waals surface area contributed by atoms with Gasteiger partial charge in [-0.25, -0.2) is 0 Å². The van der Waals surface area contributed by atoms with Crippen molar-refractivity contribution < 1.29 is 14.1 Å². The highest BCUT2D eigenvalue weighted by molar-refractivity contribution is 6.00. The fourth-order valence-electron chi connectivity index (χ4n) is 2.83. The third-order valence-corrected chi connectivity index (χ3v) is 4.16. The molecule has 0 spiro atoms. The summed E-state index contributed by atoms with van der Waals surface area (Å²) in [4.78, 5) is 22.0. The van der Waals surface area contributed by atoms with E-state index in [1.807, 2.05) is 0 Å². The maximum Gasteiger partial charge on any atom is 0.322 e. The second kappa shape index (κ2) is 7.69. The molecule has 1 fully saturated rings. The van der Waals surface area contributed by atoms with Crippen LogP contribution in [0.2, 0.25) is 0 Å². The van der Waals surface area contributed by atoms with Crippen LogP contribution in [-0.2, 0) is 4.79 Å². The smallest absolute Gasteiger partial charge is 0.322 e. The Morgan fingerprint density at radius 2 is 1.92 bits per heavy atom. The second-order valence-corrected chi connectivity index (χ2v) is 5.95. The molecule has 1 N–H and O–H groups in total. The summed E-state index contributed by atoms with van der Waals surface area (Å²) in [5.41, 5.74) is 0.678. The average molecular weight is 342 g/mol. The highest BCUT2D eigenvalue weighted by Gasteiger charge is 2.21. The summed E-state index contributed by atoms with van der Waals surface area (Å²) in [6, 6.07) is 5.97. The van der Waals surface area contributed by atoms with E-state index in [1.54, 1.807) is 18.2 Å². The van der Waals surface area contributed by atoms with Crippen molar-refractivity contribution in [3.8, 4) is 0 Å². The van der Waals surface area contributed by atoms with Gasteiger partial charge in [0.2, 0.25) is 5.89 Å². The van der Waals surface area contributed by atoms with Gasteiger partial charge in [-0.3, -0.25) is 20.2 Å². The molecule has 1 aromatic carbocycles. The average Bonchev–Trinajstić information content (AvgIpc) is 3.09. The van der Waals surface area contributed by atoms with E-state index in [0.717, 1.165) is 25.7 Å². The van der Waals surface area contributed by atoms with Gasteiger partial charge in [0.05, 0.1) is 4.92 Å². The Hall–Kier alpha value is -3.03. The van der Waals surface area contributed by atoms with Crippen LogP contribution in [0.3, 0.4) is 0 Å². The molecular weight excluding hydrogens is 324 g/mol. The Bertz CT molecular complexity index is 776. The lowest BCUT2D eigenvalue weighted by Crippen LogP contribution is -2.08. The van der Waals surface area contributed by atoms with Gasteiger partial charge in [-0.1, -0.05) is 24.4 Å². The lowest BCUT2D eigenvalue weighted by Gasteiger charge is -2.17. The number of nitrogens with one attached hydrogen (secondary N) is 1. The van der Waals surface area contributed by atoms with E-state index >= 15 is 0 Å². The van der Waals surface area contributed by atoms with Crippen LogP contribution in [0.5, 0.6) is 0 Å². The van der Waals surface area contributed by atoms with E-state index in [9.17, 15) is 14.9 Å². The molecule has 1 aromatic heterocycles. The first-order chi connectivity index (χ1) is 12.1. The van der Waals surface area contributed by atoms with Crippen molar-refractivity contribution in [1.82, 2.24) is 10.2 Å². The van der Waals surface area contributed by atoms with Crippen molar-refractivity contribution in [2.75, 3.05) is 5.32 Å². The quantitative estimate of drug-likeness (QED) is 0.504. The lowest BCUT2D eigenvalue weighted by atomic mass is 9.89. The van der Waals surface area contributed by atoms with Gasteiger partial charge < -0.3 is 4.42 Å². The van der Waals surface area contributed by atoms with E-state index in [2.05, 4.69) is 15.5 Å². The van der Waals surface area contributed by atoms with Gasteiger partial charge in [0.25, 0.3) is 11.6 Å². The fraction of sp³-hybridized carbons (Fsp3) is 0.353. The zero-order chi connectivity index (χ0) is 17.6. The summed E-state index contributed by atoms with van der Waals surface area (Å²) in [5, 5.41) is 21.0. The van der Waals surface area contributed by atoms with Crippen molar-refractivity contribution in [2.45, 2.75) is 38.0 Å². The van der Waals surface area contributed by atoms with Crippen LogP contribution in [0.25, 0.3) is 6.08 Å². The van der Waals surface area contributed by atoms with Crippen LogP contribution in [0, 0.1) is 10.1 Å². The van der Waals surface area contributed by atoms with Crippen LogP contribution < -0.4 is 5.32 Å². The molecule has 130 valence electrons. The molecule has 25 heavy (non-hydrogen) atoms. The van der Waals surface area contributed by atoms with Crippen molar-refractivity contribution in [3.05, 3.63) is 51.9 Å². The first-order valence-corrected chi connectivity index (χ1v) is 8.19. The molecule has 0 unspecified atom stereocenters. The molecule has 0 radical (unpaired) electrons. The molecule has 0 aliphatic heterocycles. The first kappa shape index (κ1) is 16.8. The minimum atomic E-state index is -0.473. The molecular formula is C17H18N4O4. The maximum atomic E-state index is 11.9. The van der Waals surface area contributed by atoms with Gasteiger partial charge >= 0.3 is 6.01 Å². The molecule has 0 atom stereocenters. The van der Waals surface area contributed by atoms with E-state index in [1.165, 1.54) is 24.6 Å². The maximum absolute atomic E-state index is 11.9. The standard InChI is InChI=1S/C17H18N4O4/c22-15(11-8-12-6-9-14(10-7-12)21(23)24)18-17-20-19-16(25-17)13-4-2-1-3-5-13/h6-11,13H,1-5H2,(H,18,20,22). The second-order valence-electron chi connectivity index (χ2n) is 5.95. The van der Waals surface area contributed by atoms with Crippen LogP contribution in [0.1, 0.15) is 49.5 Å². The number of benzene rings is 1. The molecule has 1 aliphatic carbocycles. The van der Waals surface area contributed by atoms with Gasteiger partial charge in [0.15, 0.2) is 0 Å². The van der Waals surface area contributed by atoms with Crippen molar-refractivity contribution >= 4 is 23.7 Å². The minimum Gasteiger partial charge on any atom is -0.408 e. The van der Waals surface area contributed by atoms with Gasteiger partial charge in [0, 0.05) is 24.1 Å². The number of nitro groups is 1. The molecule has 2 aromatic rings. The summed E-state index contributed by atoms with van der Waals surface area (Å²) in [6.45, 7) is 0. The first-order valence-electron chi connectivity index (χ1n) is 8.19. The molecule has 1 amide bonds. The Morgan fingerprint density at radius 1 is 1.20 bits per heavy atom. The summed E-state index contributed by atoms with van der Waals surface area (Å²) in [5.74, 6) is 0.453. The number of carbonyl (C=O) groups is 1. The number of carbonyl (C=O) groups excluding carboxylic acids is 1. The van der Waals surface area contributed by atoms with E-state index in [-0.39, 0.29) is 17.6 Å². The third kappa shape index (κ3) is 4.50. The van der Waals surface area contributed by atoms with Gasteiger partial charge in [-0.2, -0.15) is 0 Å². The summed E-state index contributed by atoms with van der Waals surface area (Å²) in [7, 11) is 0. The van der Waals surface area contributed by atoms with E-state index < -0.39 is 10.8 Å². The number of amides is 1. The summed E-state index contributed by atoms with van der Waals surface area (Å²) in [6.07, 6.45) is 8.50. The monoisotopic (exact) mass is 342 g/mol. The van der Waals surface area contributed by atoms with Crippen LogP contribution in [0.4, 0.5) is 11.7 Å². The molecule has 3 rings (SSSR count). The number of anilines is 1. The number of non-ortho nitro benzene ring substituents is 1. The fourth-order valence-corrected chi connectivity index (χ4v) is 2.83. The molecule has 8 nitrogen and oxygen atoms in total. The Morgan fingerprint density at radius 3 is 2.60 bits per heavy atom. The summed E-state index contributed by atoms with van der Waals surface area (Å²) < 4.78 is 5.52. The number of nitro benzene ring substituents is 1. The highest BCUT2D eigenvalue weighted by atomic mass is 16.6. The summed E-state index contributed by atoms with van der Waals surface area (Å²) >= 11 is 0. The molecule has 1 saturated carbocycles. The number of aromatic nitrogens is 2. The number of hydrogen-bond donors (Lipinski definition) is 1. The third-order valence-electron chi connectivity index (χ3n) is 4.16. The highest BCUT2D eigenvalue weighted by Crippen LogP contribution is 2.32. The van der Waals surface area contributed by atoms with Crippen molar-refractivity contribution in [3.63, 3.8) is 0 Å². The van der Waals surface area contributed by atoms with Crippen molar-refractivity contribution in [2.24, 2.45) is 0 Å². The van der Waals surface area contributed by atoms with E-state index in [0.29, 0.717) is 11.5 Å². The van der Waals surface area contributed by atoms with Crippen LogP contribution in [0.15, 0.2) is 34.8 Å². The molecule has 1 heterocycles. The predicted octanol–water partition coefficient (Wildman–Crippen LogP) is 3.68. The molecule has 0 saturated heterocycles. The number of rotatable bonds is 5. The van der Waals surface area contributed by atoms with Gasteiger partial charge in [-0.05, 0) is 36.6 Å². The molecule has 1 aliphatic rings. The van der Waals surface area contributed by atoms with Crippen LogP contribution in [-0.4, -0.2) is 21.0 Å². The lowest BCUT2D eigenvalue weighted by molar-refractivity contribution is -0.384. The molecule has 8 heteroatoms. The zero-order valence-corrected chi connectivity index (χ0v) is 13.6. The zero-order valence-electron chi connectivity index (χ0n) is 13.6. The normalized spacial score (nSPS) is 15.4. The Kier molecular flexibility index (Phi) is 5.17. The Balaban J connectivity index is 1.56. The van der Waals surface area contributed by atoms with Gasteiger partial charge in [0.1, 0.15) is 0 Å². The topological polar surface area (TPSA) is 111 Å². The molecule has 0 bridgehead atoms. The van der Waals surface area contributed by atoms with Crippen LogP contribution >= 0.6 is 0 Å².